The zero-order valence-electron chi connectivity index (χ0n) is 15.8. The smallest absolute Gasteiger partial charge is 0.313 e. The highest BCUT2D eigenvalue weighted by molar-refractivity contribution is 6.39. The molecule has 2 amide bonds. The molecule has 2 aromatic rings. The summed E-state index contributed by atoms with van der Waals surface area (Å²) < 4.78 is 10.3. The van der Waals surface area contributed by atoms with Gasteiger partial charge in [0.25, 0.3) is 0 Å². The predicted octanol–water partition coefficient (Wildman–Crippen LogP) is 2.11. The van der Waals surface area contributed by atoms with E-state index in [9.17, 15) is 14.7 Å². The van der Waals surface area contributed by atoms with Crippen LogP contribution in [0, 0.1) is 13.8 Å². The Kier molecular flexibility index (Phi) is 6.79. The first-order chi connectivity index (χ1) is 12.8. The Morgan fingerprint density at radius 3 is 2.30 bits per heavy atom. The van der Waals surface area contributed by atoms with Crippen molar-refractivity contribution in [3.8, 4) is 11.5 Å². The third kappa shape index (κ3) is 5.21. The van der Waals surface area contributed by atoms with Crippen LogP contribution < -0.4 is 20.1 Å². The molecule has 144 valence electrons. The zero-order valence-corrected chi connectivity index (χ0v) is 15.8. The molecule has 7 heteroatoms. The van der Waals surface area contributed by atoms with E-state index in [4.69, 9.17) is 9.47 Å². The molecule has 0 spiro atoms. The van der Waals surface area contributed by atoms with E-state index in [0.29, 0.717) is 22.7 Å². The van der Waals surface area contributed by atoms with E-state index in [1.165, 1.54) is 14.2 Å². The summed E-state index contributed by atoms with van der Waals surface area (Å²) in [7, 11) is 3.01. The SMILES string of the molecule is COc1ccc(C(O)CNC(=O)C(=O)Nc2ccc(C)c(C)c2)cc1OC. The zero-order chi connectivity index (χ0) is 20.0. The second-order valence-electron chi connectivity index (χ2n) is 6.09. The van der Waals surface area contributed by atoms with E-state index in [1.807, 2.05) is 19.9 Å². The molecule has 7 nitrogen and oxygen atoms in total. The lowest BCUT2D eigenvalue weighted by molar-refractivity contribution is -0.136. The Morgan fingerprint density at radius 1 is 0.963 bits per heavy atom. The number of carbonyl (C=O) groups is 2. The first-order valence-corrected chi connectivity index (χ1v) is 8.42. The molecule has 0 aliphatic rings. The number of carbonyl (C=O) groups excluding carboxylic acids is 2. The number of aliphatic hydroxyl groups excluding tert-OH is 1. The fraction of sp³-hybridized carbons (Fsp3) is 0.300. The van der Waals surface area contributed by atoms with Gasteiger partial charge in [-0.15, -0.1) is 0 Å². The van der Waals surface area contributed by atoms with Crippen molar-refractivity contribution in [2.24, 2.45) is 0 Å². The van der Waals surface area contributed by atoms with Gasteiger partial charge in [-0.05, 0) is 54.8 Å². The van der Waals surface area contributed by atoms with Crippen LogP contribution in [0.15, 0.2) is 36.4 Å². The third-order valence-electron chi connectivity index (χ3n) is 4.22. The van der Waals surface area contributed by atoms with Gasteiger partial charge < -0.3 is 25.2 Å². The molecule has 0 fully saturated rings. The van der Waals surface area contributed by atoms with Gasteiger partial charge in [0.1, 0.15) is 0 Å². The molecule has 0 aromatic heterocycles. The third-order valence-corrected chi connectivity index (χ3v) is 4.22. The maximum Gasteiger partial charge on any atom is 0.313 e. The van der Waals surface area contributed by atoms with Gasteiger partial charge in [0.2, 0.25) is 0 Å². The van der Waals surface area contributed by atoms with Crippen LogP contribution in [0.1, 0.15) is 22.8 Å². The Hall–Kier alpha value is -3.06. The Balaban J connectivity index is 1.93. The second-order valence-corrected chi connectivity index (χ2v) is 6.09. The number of benzene rings is 2. The number of nitrogens with one attached hydrogen (secondary N) is 2. The normalized spacial score (nSPS) is 11.4. The second kappa shape index (κ2) is 9.05. The average Bonchev–Trinajstić information content (AvgIpc) is 2.67. The van der Waals surface area contributed by atoms with Crippen molar-refractivity contribution < 1.29 is 24.2 Å². The number of hydrogen-bond acceptors (Lipinski definition) is 5. The van der Waals surface area contributed by atoms with Gasteiger partial charge in [-0.2, -0.15) is 0 Å². The van der Waals surface area contributed by atoms with Crippen molar-refractivity contribution in [1.29, 1.82) is 0 Å². The van der Waals surface area contributed by atoms with Crippen LogP contribution in [0.4, 0.5) is 5.69 Å². The number of anilines is 1. The molecule has 0 saturated carbocycles. The summed E-state index contributed by atoms with van der Waals surface area (Å²) in [5.74, 6) is -0.622. The molecular weight excluding hydrogens is 348 g/mol. The Morgan fingerprint density at radius 2 is 1.67 bits per heavy atom. The number of amides is 2. The molecule has 3 N–H and O–H groups in total. The molecule has 27 heavy (non-hydrogen) atoms. The molecule has 2 aromatic carbocycles. The maximum absolute atomic E-state index is 12.0. The van der Waals surface area contributed by atoms with Gasteiger partial charge in [-0.3, -0.25) is 9.59 Å². The lowest BCUT2D eigenvalue weighted by Crippen LogP contribution is -2.37. The highest BCUT2D eigenvalue weighted by Gasteiger charge is 2.17. The first-order valence-electron chi connectivity index (χ1n) is 8.42. The molecule has 2 rings (SSSR count). The highest BCUT2D eigenvalue weighted by atomic mass is 16.5. The number of aryl methyl sites for hydroxylation is 2. The average molecular weight is 372 g/mol. The van der Waals surface area contributed by atoms with Crippen molar-refractivity contribution in [2.75, 3.05) is 26.1 Å². The summed E-state index contributed by atoms with van der Waals surface area (Å²) in [6.07, 6.45) is -0.997. The molecule has 0 heterocycles. The fourth-order valence-corrected chi connectivity index (χ4v) is 2.45. The molecule has 0 saturated heterocycles. The monoisotopic (exact) mass is 372 g/mol. The van der Waals surface area contributed by atoms with Crippen molar-refractivity contribution in [1.82, 2.24) is 5.32 Å². The fourth-order valence-electron chi connectivity index (χ4n) is 2.45. The quantitative estimate of drug-likeness (QED) is 0.675. The topological polar surface area (TPSA) is 96.9 Å². The number of aliphatic hydroxyl groups is 1. The molecule has 0 radical (unpaired) electrons. The van der Waals surface area contributed by atoms with Crippen LogP contribution in [0.5, 0.6) is 11.5 Å². The van der Waals surface area contributed by atoms with Gasteiger partial charge in [-0.1, -0.05) is 12.1 Å². The standard InChI is InChI=1S/C20H24N2O5/c1-12-5-7-15(9-13(12)2)22-20(25)19(24)21-11-16(23)14-6-8-17(26-3)18(10-14)27-4/h5-10,16,23H,11H2,1-4H3,(H,21,24)(H,22,25). The summed E-state index contributed by atoms with van der Waals surface area (Å²) in [5.41, 5.74) is 3.17. The van der Waals surface area contributed by atoms with Gasteiger partial charge in [-0.25, -0.2) is 0 Å². The van der Waals surface area contributed by atoms with E-state index in [-0.39, 0.29) is 6.54 Å². The number of methoxy groups -OCH3 is 2. The van der Waals surface area contributed by atoms with E-state index in [1.54, 1.807) is 30.3 Å². The Labute approximate surface area is 158 Å². The summed E-state index contributed by atoms with van der Waals surface area (Å²) in [6, 6.07) is 10.3. The summed E-state index contributed by atoms with van der Waals surface area (Å²) >= 11 is 0. The minimum Gasteiger partial charge on any atom is -0.493 e. The summed E-state index contributed by atoms with van der Waals surface area (Å²) in [5, 5.41) is 15.2. The minimum atomic E-state index is -0.997. The largest absolute Gasteiger partial charge is 0.493 e. The van der Waals surface area contributed by atoms with E-state index < -0.39 is 17.9 Å². The van der Waals surface area contributed by atoms with Gasteiger partial charge in [0.15, 0.2) is 11.5 Å². The van der Waals surface area contributed by atoms with Crippen LogP contribution in [0.25, 0.3) is 0 Å². The van der Waals surface area contributed by atoms with Crippen LogP contribution in [0.3, 0.4) is 0 Å². The molecular formula is C20H24N2O5. The van der Waals surface area contributed by atoms with Crippen LogP contribution in [0.2, 0.25) is 0 Å². The molecule has 0 aliphatic heterocycles. The number of hydrogen-bond donors (Lipinski definition) is 3. The first kappa shape index (κ1) is 20.3. The lowest BCUT2D eigenvalue weighted by atomic mass is 10.1. The van der Waals surface area contributed by atoms with Crippen LogP contribution in [-0.4, -0.2) is 37.7 Å². The van der Waals surface area contributed by atoms with Crippen LogP contribution >= 0.6 is 0 Å². The van der Waals surface area contributed by atoms with Gasteiger partial charge in [0, 0.05) is 12.2 Å². The number of rotatable bonds is 6. The van der Waals surface area contributed by atoms with Crippen molar-refractivity contribution in [3.63, 3.8) is 0 Å². The molecule has 1 atom stereocenters. The molecule has 0 bridgehead atoms. The van der Waals surface area contributed by atoms with E-state index >= 15 is 0 Å². The van der Waals surface area contributed by atoms with Crippen molar-refractivity contribution in [3.05, 3.63) is 53.1 Å². The van der Waals surface area contributed by atoms with E-state index in [0.717, 1.165) is 11.1 Å². The van der Waals surface area contributed by atoms with Gasteiger partial charge in [0.05, 0.1) is 20.3 Å². The van der Waals surface area contributed by atoms with Crippen molar-refractivity contribution >= 4 is 17.5 Å². The van der Waals surface area contributed by atoms with Crippen LogP contribution in [-0.2, 0) is 9.59 Å². The van der Waals surface area contributed by atoms with Gasteiger partial charge >= 0.3 is 11.8 Å². The Bertz CT molecular complexity index is 835. The lowest BCUT2D eigenvalue weighted by Gasteiger charge is -2.15. The highest BCUT2D eigenvalue weighted by Crippen LogP contribution is 2.29. The molecule has 1 unspecified atom stereocenters. The predicted molar refractivity (Wildman–Crippen MR) is 102 cm³/mol. The summed E-state index contributed by atoms with van der Waals surface area (Å²) in [6.45, 7) is 3.77. The summed E-state index contributed by atoms with van der Waals surface area (Å²) in [4.78, 5) is 24.0. The molecule has 0 aliphatic carbocycles. The van der Waals surface area contributed by atoms with E-state index in [2.05, 4.69) is 10.6 Å². The van der Waals surface area contributed by atoms with Crippen molar-refractivity contribution in [2.45, 2.75) is 20.0 Å². The minimum absolute atomic E-state index is 0.116. The maximum atomic E-state index is 12.0. The number of ether oxygens (including phenoxy) is 2.